The van der Waals surface area contributed by atoms with E-state index in [-0.39, 0.29) is 17.8 Å². The number of halogens is 3. The molecule has 0 bridgehead atoms. The van der Waals surface area contributed by atoms with Gasteiger partial charge in [-0.05, 0) is 55.3 Å². The fraction of sp³-hybridized carbons (Fsp3) is 0.182. The van der Waals surface area contributed by atoms with Crippen molar-refractivity contribution in [3.8, 4) is 5.69 Å². The summed E-state index contributed by atoms with van der Waals surface area (Å²) >= 11 is 0. The maximum absolute atomic E-state index is 13.0. The highest BCUT2D eigenvalue weighted by Gasteiger charge is 2.30. The van der Waals surface area contributed by atoms with Gasteiger partial charge in [0, 0.05) is 17.9 Å². The lowest BCUT2D eigenvalue weighted by molar-refractivity contribution is -0.137. The van der Waals surface area contributed by atoms with Crippen molar-refractivity contribution in [3.63, 3.8) is 0 Å². The van der Waals surface area contributed by atoms with Crippen LogP contribution in [0.2, 0.25) is 0 Å². The predicted molar refractivity (Wildman–Crippen MR) is 104 cm³/mol. The number of alkyl halides is 3. The number of carbonyl (C=O) groups is 1. The Morgan fingerprint density at radius 1 is 1.00 bits per heavy atom. The first kappa shape index (κ1) is 20.4. The highest BCUT2D eigenvalue weighted by atomic mass is 19.4. The number of aromatic nitrogens is 1. The van der Waals surface area contributed by atoms with E-state index in [1.54, 1.807) is 6.92 Å². The quantitative estimate of drug-likeness (QED) is 0.706. The van der Waals surface area contributed by atoms with Crippen LogP contribution < -0.4 is 10.9 Å². The van der Waals surface area contributed by atoms with Gasteiger partial charge in [-0.25, -0.2) is 0 Å². The lowest BCUT2D eigenvalue weighted by atomic mass is 10.1. The number of pyridine rings is 1. The molecule has 29 heavy (non-hydrogen) atoms. The molecule has 0 unspecified atom stereocenters. The predicted octanol–water partition coefficient (Wildman–Crippen LogP) is 4.40. The molecule has 4 nitrogen and oxygen atoms in total. The van der Waals surface area contributed by atoms with Crippen LogP contribution in [0.25, 0.3) is 5.69 Å². The zero-order chi connectivity index (χ0) is 21.2. The zero-order valence-corrected chi connectivity index (χ0v) is 15.9. The van der Waals surface area contributed by atoms with Gasteiger partial charge in [-0.3, -0.25) is 14.2 Å². The molecule has 1 N–H and O–H groups in total. The molecule has 2 aromatic carbocycles. The summed E-state index contributed by atoms with van der Waals surface area (Å²) < 4.78 is 40.2. The largest absolute Gasteiger partial charge is 0.416 e. The molecule has 0 saturated heterocycles. The van der Waals surface area contributed by atoms with Crippen molar-refractivity contribution < 1.29 is 18.0 Å². The Hall–Kier alpha value is -3.35. The van der Waals surface area contributed by atoms with Gasteiger partial charge in [-0.2, -0.15) is 13.2 Å². The van der Waals surface area contributed by atoms with E-state index in [4.69, 9.17) is 0 Å². The average molecular weight is 400 g/mol. The van der Waals surface area contributed by atoms with Crippen LogP contribution in [0.3, 0.4) is 0 Å². The second-order valence-electron chi connectivity index (χ2n) is 6.69. The third kappa shape index (κ3) is 4.39. The van der Waals surface area contributed by atoms with Gasteiger partial charge in [0.15, 0.2) is 0 Å². The van der Waals surface area contributed by atoms with Gasteiger partial charge < -0.3 is 5.32 Å². The number of aryl methyl sites for hydroxylation is 2. The van der Waals surface area contributed by atoms with Crippen molar-refractivity contribution in [1.29, 1.82) is 0 Å². The number of hydrogen-bond acceptors (Lipinski definition) is 2. The molecule has 0 saturated carbocycles. The van der Waals surface area contributed by atoms with E-state index >= 15 is 0 Å². The topological polar surface area (TPSA) is 51.1 Å². The molecule has 0 atom stereocenters. The second kappa shape index (κ2) is 7.95. The Kier molecular flexibility index (Phi) is 5.59. The molecule has 3 aromatic rings. The van der Waals surface area contributed by atoms with Gasteiger partial charge >= 0.3 is 6.18 Å². The zero-order valence-electron chi connectivity index (χ0n) is 15.9. The van der Waals surface area contributed by atoms with Gasteiger partial charge in [-0.1, -0.05) is 30.3 Å². The minimum atomic E-state index is -4.53. The first-order chi connectivity index (χ1) is 13.7. The number of amides is 1. The van der Waals surface area contributed by atoms with Gasteiger partial charge in [0.1, 0.15) is 5.56 Å². The summed E-state index contributed by atoms with van der Waals surface area (Å²) in [7, 11) is 0. The highest BCUT2D eigenvalue weighted by molar-refractivity contribution is 5.93. The van der Waals surface area contributed by atoms with Gasteiger partial charge in [0.05, 0.1) is 5.56 Å². The first-order valence-electron chi connectivity index (χ1n) is 8.91. The van der Waals surface area contributed by atoms with E-state index in [9.17, 15) is 22.8 Å². The molecule has 0 aliphatic rings. The number of carbonyl (C=O) groups excluding carboxylic acids is 1. The fourth-order valence-electron chi connectivity index (χ4n) is 3.02. The van der Waals surface area contributed by atoms with Crippen molar-refractivity contribution in [1.82, 2.24) is 9.88 Å². The fourth-order valence-corrected chi connectivity index (χ4v) is 3.02. The van der Waals surface area contributed by atoms with Crippen molar-refractivity contribution in [2.75, 3.05) is 0 Å². The molecule has 7 heteroatoms. The monoisotopic (exact) mass is 400 g/mol. The lowest BCUT2D eigenvalue weighted by Gasteiger charge is -2.14. The van der Waals surface area contributed by atoms with E-state index in [2.05, 4.69) is 5.32 Å². The Bertz CT molecular complexity index is 1120. The van der Waals surface area contributed by atoms with Crippen LogP contribution in [0.4, 0.5) is 13.2 Å². The number of nitrogens with zero attached hydrogens (tertiary/aromatic N) is 1. The van der Waals surface area contributed by atoms with E-state index < -0.39 is 23.2 Å². The van der Waals surface area contributed by atoms with Crippen molar-refractivity contribution in [2.45, 2.75) is 26.6 Å². The second-order valence-corrected chi connectivity index (χ2v) is 6.69. The summed E-state index contributed by atoms with van der Waals surface area (Å²) in [6, 6.07) is 14.9. The summed E-state index contributed by atoms with van der Waals surface area (Å²) in [6.07, 6.45) is -4.53. The smallest absolute Gasteiger partial charge is 0.348 e. The van der Waals surface area contributed by atoms with Gasteiger partial charge in [-0.15, -0.1) is 0 Å². The Morgan fingerprint density at radius 3 is 2.41 bits per heavy atom. The van der Waals surface area contributed by atoms with Crippen LogP contribution in [-0.2, 0) is 12.7 Å². The molecule has 1 heterocycles. The van der Waals surface area contributed by atoms with E-state index in [1.165, 1.54) is 24.3 Å². The summed E-state index contributed by atoms with van der Waals surface area (Å²) in [5, 5.41) is 2.70. The molecule has 1 amide bonds. The molecule has 0 radical (unpaired) electrons. The average Bonchev–Trinajstić information content (AvgIpc) is 2.67. The van der Waals surface area contributed by atoms with Crippen molar-refractivity contribution >= 4 is 5.91 Å². The SMILES string of the molecule is Cc1ccccc1CNC(=O)c1ccc(C)n(-c2cccc(C(F)(F)F)c2)c1=O. The number of nitrogens with one attached hydrogen (secondary N) is 1. The van der Waals surface area contributed by atoms with Gasteiger partial charge in [0.25, 0.3) is 11.5 Å². The summed E-state index contributed by atoms with van der Waals surface area (Å²) in [4.78, 5) is 25.5. The number of benzene rings is 2. The molecule has 3 rings (SSSR count). The van der Waals surface area contributed by atoms with Crippen molar-refractivity contribution in [3.05, 3.63) is 99.0 Å². The van der Waals surface area contributed by atoms with Crippen LogP contribution in [-0.4, -0.2) is 10.5 Å². The summed E-state index contributed by atoms with van der Waals surface area (Å²) in [5.41, 5.74) is 0.703. The normalized spacial score (nSPS) is 11.3. The molecular weight excluding hydrogens is 381 g/mol. The lowest BCUT2D eigenvalue weighted by Crippen LogP contribution is -2.33. The van der Waals surface area contributed by atoms with E-state index in [0.717, 1.165) is 27.8 Å². The Morgan fingerprint density at radius 2 is 1.72 bits per heavy atom. The molecule has 0 spiro atoms. The summed E-state index contributed by atoms with van der Waals surface area (Å²) in [6.45, 7) is 3.74. The Labute approximate surface area is 165 Å². The highest BCUT2D eigenvalue weighted by Crippen LogP contribution is 2.30. The number of hydrogen-bond donors (Lipinski definition) is 1. The van der Waals surface area contributed by atoms with Crippen LogP contribution in [0, 0.1) is 13.8 Å². The molecular formula is C22H19F3N2O2. The maximum atomic E-state index is 13.0. The van der Waals surface area contributed by atoms with Crippen LogP contribution in [0.15, 0.2) is 65.5 Å². The van der Waals surface area contributed by atoms with Crippen molar-refractivity contribution in [2.24, 2.45) is 0 Å². The Balaban J connectivity index is 1.94. The van der Waals surface area contributed by atoms with Gasteiger partial charge in [0.2, 0.25) is 0 Å². The molecule has 150 valence electrons. The maximum Gasteiger partial charge on any atom is 0.416 e. The molecule has 0 aliphatic heterocycles. The minimum Gasteiger partial charge on any atom is -0.348 e. The third-order valence-corrected chi connectivity index (χ3v) is 4.65. The first-order valence-corrected chi connectivity index (χ1v) is 8.91. The van der Waals surface area contributed by atoms with E-state index in [0.29, 0.717) is 5.69 Å². The molecule has 1 aromatic heterocycles. The molecule has 0 aliphatic carbocycles. The van der Waals surface area contributed by atoms with Crippen LogP contribution >= 0.6 is 0 Å². The standard InChI is InChI=1S/C22H19F3N2O2/c1-14-6-3-4-7-16(14)13-26-20(28)19-11-10-15(2)27(21(19)29)18-9-5-8-17(12-18)22(23,24)25/h3-12H,13H2,1-2H3,(H,26,28). The molecule has 0 fully saturated rings. The number of rotatable bonds is 4. The van der Waals surface area contributed by atoms with Crippen LogP contribution in [0.1, 0.15) is 32.7 Å². The third-order valence-electron chi connectivity index (χ3n) is 4.65. The minimum absolute atomic E-state index is 0.0517. The van der Waals surface area contributed by atoms with Crippen LogP contribution in [0.5, 0.6) is 0 Å². The summed E-state index contributed by atoms with van der Waals surface area (Å²) in [5.74, 6) is -0.584. The van der Waals surface area contributed by atoms with E-state index in [1.807, 2.05) is 31.2 Å².